The first-order chi connectivity index (χ1) is 10.4. The lowest BCUT2D eigenvalue weighted by Crippen LogP contribution is -2.27. The molecule has 0 aliphatic heterocycles. The number of amides is 1. The summed E-state index contributed by atoms with van der Waals surface area (Å²) < 4.78 is 0. The topological polar surface area (TPSA) is 79.3 Å². The lowest BCUT2D eigenvalue weighted by molar-refractivity contribution is 0.0697. The molecule has 0 aliphatic carbocycles. The van der Waals surface area contributed by atoms with E-state index in [1.807, 2.05) is 12.3 Å². The van der Waals surface area contributed by atoms with Crippen LogP contribution in [-0.4, -0.2) is 22.0 Å². The average molecular weight is 318 g/mol. The van der Waals surface area contributed by atoms with Gasteiger partial charge in [0.2, 0.25) is 0 Å². The second-order valence-electron chi connectivity index (χ2n) is 5.35. The monoisotopic (exact) mass is 318 g/mol. The fourth-order valence-corrected chi connectivity index (χ4v) is 2.84. The number of benzene rings is 1. The molecule has 5 nitrogen and oxygen atoms in total. The molecule has 0 bridgehead atoms. The van der Waals surface area contributed by atoms with E-state index in [-0.39, 0.29) is 17.5 Å². The molecule has 116 valence electrons. The number of carbonyl (C=O) groups excluding carboxylic acids is 1. The van der Waals surface area contributed by atoms with Gasteiger partial charge >= 0.3 is 5.97 Å². The Kier molecular flexibility index (Phi) is 4.92. The zero-order chi connectivity index (χ0) is 16.3. The zero-order valence-electron chi connectivity index (χ0n) is 12.7. The molecule has 6 heteroatoms. The molecule has 0 aliphatic rings. The largest absolute Gasteiger partial charge is 0.478 e. The first-order valence-corrected chi connectivity index (χ1v) is 7.86. The van der Waals surface area contributed by atoms with Crippen LogP contribution in [0, 0.1) is 0 Å². The van der Waals surface area contributed by atoms with Crippen molar-refractivity contribution in [3.63, 3.8) is 0 Å². The quantitative estimate of drug-likeness (QED) is 0.885. The Morgan fingerprint density at radius 1 is 1.23 bits per heavy atom. The van der Waals surface area contributed by atoms with Crippen LogP contribution in [0.1, 0.15) is 64.1 Å². The second-order valence-corrected chi connectivity index (χ2v) is 6.24. The number of nitrogens with zero attached hydrogens (tertiary/aromatic N) is 1. The summed E-state index contributed by atoms with van der Waals surface area (Å²) in [6.45, 7) is 6.00. The Morgan fingerprint density at radius 3 is 2.50 bits per heavy atom. The summed E-state index contributed by atoms with van der Waals surface area (Å²) in [5.74, 6) is -1.01. The number of carboxylic acid groups (broad SMARTS) is 1. The van der Waals surface area contributed by atoms with Crippen molar-refractivity contribution in [3.8, 4) is 0 Å². The van der Waals surface area contributed by atoms with E-state index in [4.69, 9.17) is 5.11 Å². The van der Waals surface area contributed by atoms with Crippen molar-refractivity contribution in [2.75, 3.05) is 0 Å². The Labute approximate surface area is 133 Å². The summed E-state index contributed by atoms with van der Waals surface area (Å²) in [4.78, 5) is 27.7. The zero-order valence-corrected chi connectivity index (χ0v) is 13.5. The summed E-state index contributed by atoms with van der Waals surface area (Å²) in [5, 5.41) is 14.8. The highest BCUT2D eigenvalue weighted by Gasteiger charge is 2.16. The van der Waals surface area contributed by atoms with Crippen molar-refractivity contribution in [1.82, 2.24) is 10.3 Å². The number of carboxylic acids is 1. The van der Waals surface area contributed by atoms with Gasteiger partial charge in [-0.25, -0.2) is 9.78 Å². The fraction of sp³-hybridized carbons (Fsp3) is 0.312. The minimum atomic E-state index is -1.05. The predicted octanol–water partition coefficient (Wildman–Crippen LogP) is 3.46. The molecule has 1 amide bonds. The number of nitrogens with one attached hydrogen (secondary N) is 1. The molecule has 2 rings (SSSR count). The average Bonchev–Trinajstić information content (AvgIpc) is 2.97. The third-order valence-electron chi connectivity index (χ3n) is 3.20. The van der Waals surface area contributed by atoms with Gasteiger partial charge in [-0.2, -0.15) is 0 Å². The maximum Gasteiger partial charge on any atom is 0.335 e. The molecule has 0 spiro atoms. The molecule has 2 aromatic rings. The van der Waals surface area contributed by atoms with E-state index in [1.54, 1.807) is 23.5 Å². The van der Waals surface area contributed by atoms with E-state index >= 15 is 0 Å². The van der Waals surface area contributed by atoms with E-state index in [9.17, 15) is 9.59 Å². The Hall–Kier alpha value is -2.21. The number of thiazole rings is 1. The number of hydrogen-bond donors (Lipinski definition) is 2. The standard InChI is InChI=1S/C16H18N2O3S/c1-9(2)15-18-13(8-22-15)10(3)17-14(19)11-5-4-6-12(7-11)16(20)21/h4-10H,1-3H3,(H,17,19)(H,20,21). The smallest absolute Gasteiger partial charge is 0.335 e. The van der Waals surface area contributed by atoms with Crippen LogP contribution >= 0.6 is 11.3 Å². The van der Waals surface area contributed by atoms with Crippen molar-refractivity contribution in [1.29, 1.82) is 0 Å². The SMILES string of the molecule is CC(C)c1nc(C(C)NC(=O)c2cccc(C(=O)O)c2)cs1. The number of carbonyl (C=O) groups is 2. The summed E-state index contributed by atoms with van der Waals surface area (Å²) >= 11 is 1.58. The number of rotatable bonds is 5. The third kappa shape index (κ3) is 3.71. The van der Waals surface area contributed by atoms with Crippen LogP contribution in [0.4, 0.5) is 0 Å². The molecule has 0 fully saturated rings. The van der Waals surface area contributed by atoms with E-state index in [0.29, 0.717) is 11.5 Å². The van der Waals surface area contributed by atoms with Crippen LogP contribution in [0.3, 0.4) is 0 Å². The molecule has 1 unspecified atom stereocenters. The molecule has 1 heterocycles. The first-order valence-electron chi connectivity index (χ1n) is 6.98. The van der Waals surface area contributed by atoms with Gasteiger partial charge in [0.1, 0.15) is 0 Å². The van der Waals surface area contributed by atoms with Gasteiger partial charge in [-0.1, -0.05) is 19.9 Å². The van der Waals surface area contributed by atoms with Gasteiger partial charge in [0.05, 0.1) is 22.3 Å². The number of aromatic nitrogens is 1. The van der Waals surface area contributed by atoms with Crippen molar-refractivity contribution in [3.05, 3.63) is 51.5 Å². The van der Waals surface area contributed by atoms with Crippen molar-refractivity contribution >= 4 is 23.2 Å². The highest BCUT2D eigenvalue weighted by Crippen LogP contribution is 2.23. The molecular weight excluding hydrogens is 300 g/mol. The molecule has 1 aromatic carbocycles. The van der Waals surface area contributed by atoms with Crippen LogP contribution < -0.4 is 5.32 Å². The molecule has 2 N–H and O–H groups in total. The van der Waals surface area contributed by atoms with Gasteiger partial charge in [-0.05, 0) is 25.1 Å². The van der Waals surface area contributed by atoms with Crippen LogP contribution in [0.25, 0.3) is 0 Å². The normalized spacial score (nSPS) is 12.2. The van der Waals surface area contributed by atoms with Gasteiger partial charge in [-0.15, -0.1) is 11.3 Å². The van der Waals surface area contributed by atoms with E-state index < -0.39 is 5.97 Å². The van der Waals surface area contributed by atoms with E-state index in [2.05, 4.69) is 24.1 Å². The molecule has 0 saturated heterocycles. The van der Waals surface area contributed by atoms with Gasteiger partial charge < -0.3 is 10.4 Å². The maximum atomic E-state index is 12.2. The lowest BCUT2D eigenvalue weighted by Gasteiger charge is -2.12. The Morgan fingerprint density at radius 2 is 1.91 bits per heavy atom. The Balaban J connectivity index is 2.10. The fourth-order valence-electron chi connectivity index (χ4n) is 1.91. The minimum absolute atomic E-state index is 0.0936. The van der Waals surface area contributed by atoms with Crippen LogP contribution in [-0.2, 0) is 0 Å². The minimum Gasteiger partial charge on any atom is -0.478 e. The molecule has 0 radical (unpaired) electrons. The van der Waals surface area contributed by atoms with Crippen molar-refractivity contribution in [2.24, 2.45) is 0 Å². The lowest BCUT2D eigenvalue weighted by atomic mass is 10.1. The van der Waals surface area contributed by atoms with Crippen LogP contribution in [0.2, 0.25) is 0 Å². The molecule has 22 heavy (non-hydrogen) atoms. The maximum absolute atomic E-state index is 12.2. The van der Waals surface area contributed by atoms with Gasteiger partial charge in [-0.3, -0.25) is 4.79 Å². The van der Waals surface area contributed by atoms with Gasteiger partial charge in [0, 0.05) is 16.9 Å². The Bertz CT molecular complexity index is 694. The number of hydrogen-bond acceptors (Lipinski definition) is 4. The van der Waals surface area contributed by atoms with Crippen LogP contribution in [0.5, 0.6) is 0 Å². The summed E-state index contributed by atoms with van der Waals surface area (Å²) in [6, 6.07) is 5.74. The highest BCUT2D eigenvalue weighted by molar-refractivity contribution is 7.09. The van der Waals surface area contributed by atoms with Crippen molar-refractivity contribution < 1.29 is 14.7 Å². The highest BCUT2D eigenvalue weighted by atomic mass is 32.1. The van der Waals surface area contributed by atoms with Gasteiger partial charge in [0.25, 0.3) is 5.91 Å². The first kappa shape index (κ1) is 16.2. The predicted molar refractivity (Wildman–Crippen MR) is 85.5 cm³/mol. The summed E-state index contributed by atoms with van der Waals surface area (Å²) in [7, 11) is 0. The number of aromatic carboxylic acids is 1. The third-order valence-corrected chi connectivity index (χ3v) is 4.36. The molecule has 0 saturated carbocycles. The summed E-state index contributed by atoms with van der Waals surface area (Å²) in [6.07, 6.45) is 0. The van der Waals surface area contributed by atoms with E-state index in [1.165, 1.54) is 12.1 Å². The van der Waals surface area contributed by atoms with Crippen molar-refractivity contribution in [2.45, 2.75) is 32.7 Å². The van der Waals surface area contributed by atoms with Crippen LogP contribution in [0.15, 0.2) is 29.6 Å². The molecule has 1 aromatic heterocycles. The van der Waals surface area contributed by atoms with E-state index in [0.717, 1.165) is 10.7 Å². The molecular formula is C16H18N2O3S. The summed E-state index contributed by atoms with van der Waals surface area (Å²) in [5.41, 5.74) is 1.23. The molecule has 1 atom stereocenters. The second kappa shape index (κ2) is 6.70. The van der Waals surface area contributed by atoms with Gasteiger partial charge in [0.15, 0.2) is 0 Å².